The van der Waals surface area contributed by atoms with Crippen molar-refractivity contribution in [3.63, 3.8) is 0 Å². The number of nitrogens with one attached hydrogen (secondary N) is 2. The molecule has 142 valence electrons. The SMILES string of the molecule is CN(C)C(CNC(=O)c1ccccc1CN1C(=O)CNC1=O)c1ccco1. The van der Waals surface area contributed by atoms with Crippen LogP contribution in [0.25, 0.3) is 0 Å². The molecule has 1 aromatic heterocycles. The predicted octanol–water partition coefficient (Wildman–Crippen LogP) is 1.36. The molecule has 1 aliphatic heterocycles. The van der Waals surface area contributed by atoms with Crippen LogP contribution in [0.1, 0.15) is 27.7 Å². The van der Waals surface area contributed by atoms with E-state index in [9.17, 15) is 14.4 Å². The van der Waals surface area contributed by atoms with Gasteiger partial charge in [0.2, 0.25) is 5.91 Å². The van der Waals surface area contributed by atoms with Gasteiger partial charge in [0, 0.05) is 12.1 Å². The number of hydrogen-bond donors (Lipinski definition) is 2. The lowest BCUT2D eigenvalue weighted by Crippen LogP contribution is -2.35. The van der Waals surface area contributed by atoms with Crippen molar-refractivity contribution in [2.24, 2.45) is 0 Å². The fourth-order valence-electron chi connectivity index (χ4n) is 2.97. The van der Waals surface area contributed by atoms with Gasteiger partial charge in [-0.2, -0.15) is 0 Å². The minimum Gasteiger partial charge on any atom is -0.468 e. The zero-order valence-corrected chi connectivity index (χ0v) is 15.3. The molecule has 0 saturated carbocycles. The van der Waals surface area contributed by atoms with Crippen LogP contribution in [0.15, 0.2) is 47.1 Å². The summed E-state index contributed by atoms with van der Waals surface area (Å²) in [7, 11) is 3.82. The van der Waals surface area contributed by atoms with Gasteiger partial charge in [0.1, 0.15) is 5.76 Å². The van der Waals surface area contributed by atoms with E-state index in [2.05, 4.69) is 10.6 Å². The third kappa shape index (κ3) is 4.17. The standard InChI is InChI=1S/C19H22N4O4/c1-22(2)15(16-8-5-9-27-16)10-20-18(25)14-7-4-3-6-13(14)12-23-17(24)11-21-19(23)26/h3-9,15H,10-12H2,1-2H3,(H,20,25)(H,21,26). The van der Waals surface area contributed by atoms with Crippen molar-refractivity contribution in [3.05, 3.63) is 59.5 Å². The average molecular weight is 370 g/mol. The number of hydrogen-bond acceptors (Lipinski definition) is 5. The lowest BCUT2D eigenvalue weighted by Gasteiger charge is -2.23. The van der Waals surface area contributed by atoms with Crippen LogP contribution in [0.2, 0.25) is 0 Å². The second-order valence-corrected chi connectivity index (χ2v) is 6.50. The highest BCUT2D eigenvalue weighted by Crippen LogP contribution is 2.18. The van der Waals surface area contributed by atoms with Crippen molar-refractivity contribution in [2.75, 3.05) is 27.2 Å². The summed E-state index contributed by atoms with van der Waals surface area (Å²) in [4.78, 5) is 39.4. The van der Waals surface area contributed by atoms with Crippen LogP contribution in [-0.4, -0.2) is 54.8 Å². The Balaban J connectivity index is 1.71. The summed E-state index contributed by atoms with van der Waals surface area (Å²) in [5.74, 6) is 0.185. The van der Waals surface area contributed by atoms with E-state index < -0.39 is 6.03 Å². The van der Waals surface area contributed by atoms with Crippen LogP contribution >= 0.6 is 0 Å². The van der Waals surface area contributed by atoms with E-state index in [1.807, 2.05) is 25.1 Å². The summed E-state index contributed by atoms with van der Waals surface area (Å²) in [6.45, 7) is 0.404. The molecule has 1 aliphatic rings. The maximum absolute atomic E-state index is 12.7. The molecule has 0 aliphatic carbocycles. The van der Waals surface area contributed by atoms with Crippen molar-refractivity contribution < 1.29 is 18.8 Å². The molecule has 4 amide bonds. The molecule has 27 heavy (non-hydrogen) atoms. The number of amides is 4. The van der Waals surface area contributed by atoms with E-state index in [0.29, 0.717) is 17.7 Å². The summed E-state index contributed by atoms with van der Waals surface area (Å²) in [6.07, 6.45) is 1.60. The lowest BCUT2D eigenvalue weighted by molar-refractivity contribution is -0.125. The third-order valence-electron chi connectivity index (χ3n) is 4.48. The molecule has 1 fully saturated rings. The molecule has 0 radical (unpaired) electrons. The Kier molecular flexibility index (Phi) is 5.56. The van der Waals surface area contributed by atoms with E-state index in [-0.39, 0.29) is 30.9 Å². The summed E-state index contributed by atoms with van der Waals surface area (Å²) >= 11 is 0. The van der Waals surface area contributed by atoms with Crippen molar-refractivity contribution in [1.29, 1.82) is 0 Å². The summed E-state index contributed by atoms with van der Waals surface area (Å²) in [6, 6.07) is 10.1. The average Bonchev–Trinajstić information content (AvgIpc) is 3.28. The molecule has 1 aromatic carbocycles. The first kappa shape index (κ1) is 18.7. The number of rotatable bonds is 7. The molecule has 1 saturated heterocycles. The molecule has 2 heterocycles. The minimum absolute atomic E-state index is 0.0130. The van der Waals surface area contributed by atoms with Crippen LogP contribution < -0.4 is 10.6 Å². The largest absolute Gasteiger partial charge is 0.468 e. The summed E-state index contributed by atoms with van der Waals surface area (Å²) in [5, 5.41) is 5.39. The number of nitrogens with zero attached hydrogens (tertiary/aromatic N) is 2. The number of carbonyl (C=O) groups excluding carboxylic acids is 3. The summed E-state index contributed by atoms with van der Waals surface area (Å²) in [5.41, 5.74) is 1.04. The van der Waals surface area contributed by atoms with Gasteiger partial charge in [0.05, 0.1) is 25.4 Å². The highest BCUT2D eigenvalue weighted by molar-refractivity contribution is 6.02. The molecule has 8 heteroatoms. The fraction of sp³-hybridized carbons (Fsp3) is 0.316. The minimum atomic E-state index is -0.444. The monoisotopic (exact) mass is 370 g/mol. The maximum atomic E-state index is 12.7. The second kappa shape index (κ2) is 8.05. The quantitative estimate of drug-likeness (QED) is 0.718. The molecule has 2 N–H and O–H groups in total. The zero-order valence-electron chi connectivity index (χ0n) is 15.3. The predicted molar refractivity (Wildman–Crippen MR) is 97.9 cm³/mol. The fourth-order valence-corrected chi connectivity index (χ4v) is 2.97. The van der Waals surface area contributed by atoms with Crippen LogP contribution in [0, 0.1) is 0 Å². The first-order valence-electron chi connectivity index (χ1n) is 8.61. The summed E-state index contributed by atoms with van der Waals surface area (Å²) < 4.78 is 5.45. The molecule has 2 aromatic rings. The van der Waals surface area contributed by atoms with Crippen molar-refractivity contribution in [3.8, 4) is 0 Å². The number of carbonyl (C=O) groups is 3. The van der Waals surface area contributed by atoms with Crippen LogP contribution in [0.4, 0.5) is 4.79 Å². The van der Waals surface area contributed by atoms with E-state index in [1.165, 1.54) is 0 Å². The van der Waals surface area contributed by atoms with E-state index in [4.69, 9.17) is 4.42 Å². The van der Waals surface area contributed by atoms with Gasteiger partial charge in [0.15, 0.2) is 0 Å². The Morgan fingerprint density at radius 1 is 1.26 bits per heavy atom. The van der Waals surface area contributed by atoms with Gasteiger partial charge in [-0.05, 0) is 37.9 Å². The first-order valence-corrected chi connectivity index (χ1v) is 8.61. The van der Waals surface area contributed by atoms with Gasteiger partial charge in [-0.1, -0.05) is 18.2 Å². The Morgan fingerprint density at radius 2 is 2.04 bits per heavy atom. The van der Waals surface area contributed by atoms with Gasteiger partial charge in [0.25, 0.3) is 5.91 Å². The smallest absolute Gasteiger partial charge is 0.324 e. The lowest BCUT2D eigenvalue weighted by atomic mass is 10.1. The molecular weight excluding hydrogens is 348 g/mol. The van der Waals surface area contributed by atoms with Crippen molar-refractivity contribution >= 4 is 17.8 Å². The van der Waals surface area contributed by atoms with Gasteiger partial charge in [-0.15, -0.1) is 0 Å². The Bertz CT molecular complexity index is 816. The van der Waals surface area contributed by atoms with Gasteiger partial charge >= 0.3 is 6.03 Å². The number of benzene rings is 1. The highest BCUT2D eigenvalue weighted by atomic mass is 16.3. The van der Waals surface area contributed by atoms with E-state index in [1.54, 1.807) is 36.6 Å². The number of urea groups is 1. The highest BCUT2D eigenvalue weighted by Gasteiger charge is 2.29. The first-order chi connectivity index (χ1) is 13.0. The second-order valence-electron chi connectivity index (χ2n) is 6.50. The van der Waals surface area contributed by atoms with Crippen LogP contribution in [0.3, 0.4) is 0 Å². The molecule has 1 atom stereocenters. The van der Waals surface area contributed by atoms with Gasteiger partial charge < -0.3 is 15.1 Å². The van der Waals surface area contributed by atoms with Crippen LogP contribution in [0.5, 0.6) is 0 Å². The van der Waals surface area contributed by atoms with E-state index in [0.717, 1.165) is 10.7 Å². The van der Waals surface area contributed by atoms with Crippen LogP contribution in [-0.2, 0) is 11.3 Å². The Morgan fingerprint density at radius 3 is 2.67 bits per heavy atom. The van der Waals surface area contributed by atoms with Crippen molar-refractivity contribution in [2.45, 2.75) is 12.6 Å². The third-order valence-corrected chi connectivity index (χ3v) is 4.48. The molecule has 0 bridgehead atoms. The van der Waals surface area contributed by atoms with Crippen molar-refractivity contribution in [1.82, 2.24) is 20.4 Å². The molecule has 8 nitrogen and oxygen atoms in total. The number of likely N-dealkylation sites (N-methyl/N-ethyl adjacent to an activating group) is 1. The zero-order chi connectivity index (χ0) is 19.4. The topological polar surface area (TPSA) is 94.9 Å². The Labute approximate surface area is 157 Å². The Hall–Kier alpha value is -3.13. The number of imide groups is 1. The molecular formula is C19H22N4O4. The molecule has 0 spiro atoms. The normalized spacial score (nSPS) is 15.1. The van der Waals surface area contributed by atoms with E-state index >= 15 is 0 Å². The van der Waals surface area contributed by atoms with Gasteiger partial charge in [-0.25, -0.2) is 4.79 Å². The molecule has 1 unspecified atom stereocenters. The maximum Gasteiger partial charge on any atom is 0.324 e. The molecule has 3 rings (SSSR count). The van der Waals surface area contributed by atoms with Gasteiger partial charge in [-0.3, -0.25) is 19.4 Å². The number of furan rings is 1.